The van der Waals surface area contributed by atoms with Crippen molar-refractivity contribution in [2.75, 3.05) is 26.4 Å². The minimum atomic E-state index is -0.222. The fourth-order valence-electron chi connectivity index (χ4n) is 2.56. The highest BCUT2D eigenvalue weighted by Crippen LogP contribution is 2.38. The van der Waals surface area contributed by atoms with E-state index in [1.54, 1.807) is 11.3 Å². The van der Waals surface area contributed by atoms with Crippen LogP contribution in [-0.2, 0) is 15.1 Å². The van der Waals surface area contributed by atoms with E-state index in [2.05, 4.69) is 31.5 Å². The van der Waals surface area contributed by atoms with Gasteiger partial charge in [0.05, 0.1) is 5.69 Å². The van der Waals surface area contributed by atoms with Gasteiger partial charge >= 0.3 is 0 Å². The molecule has 20 heavy (non-hydrogen) atoms. The van der Waals surface area contributed by atoms with Crippen LogP contribution in [0.15, 0.2) is 5.38 Å². The van der Waals surface area contributed by atoms with Crippen LogP contribution in [0.4, 0.5) is 0 Å². The van der Waals surface area contributed by atoms with Gasteiger partial charge in [0.2, 0.25) is 0 Å². The molecule has 0 aromatic carbocycles. The van der Waals surface area contributed by atoms with Crippen LogP contribution in [0.5, 0.6) is 0 Å². The Kier molecular flexibility index (Phi) is 5.96. The fraction of sp³-hybridized carbons (Fsp3) is 0.800. The van der Waals surface area contributed by atoms with Crippen LogP contribution >= 0.6 is 11.3 Å². The van der Waals surface area contributed by atoms with Crippen molar-refractivity contribution in [3.63, 3.8) is 0 Å². The van der Waals surface area contributed by atoms with E-state index in [1.807, 2.05) is 0 Å². The predicted octanol–water partition coefficient (Wildman–Crippen LogP) is 3.25. The lowest BCUT2D eigenvalue weighted by atomic mass is 9.94. The van der Waals surface area contributed by atoms with Crippen LogP contribution in [0, 0.1) is 0 Å². The van der Waals surface area contributed by atoms with Gasteiger partial charge in [-0.05, 0) is 26.8 Å². The summed E-state index contributed by atoms with van der Waals surface area (Å²) in [7, 11) is 0. The number of nitrogens with zero attached hydrogens (tertiary/aromatic N) is 1. The van der Waals surface area contributed by atoms with E-state index in [1.165, 1.54) is 0 Å². The Morgan fingerprint density at radius 3 is 2.85 bits per heavy atom. The molecule has 2 heterocycles. The highest BCUT2D eigenvalue weighted by atomic mass is 32.1. The fourth-order valence-corrected chi connectivity index (χ4v) is 3.68. The molecule has 1 aliphatic rings. The SMILES string of the molecule is CCCNC(C)c1csc(C2(OCC)CCOCC2)n1. The van der Waals surface area contributed by atoms with Crippen LogP contribution in [-0.4, -0.2) is 31.3 Å². The van der Waals surface area contributed by atoms with Gasteiger partial charge in [0.25, 0.3) is 0 Å². The first-order valence-corrected chi connectivity index (χ1v) is 8.51. The van der Waals surface area contributed by atoms with E-state index in [0.717, 1.165) is 56.3 Å². The van der Waals surface area contributed by atoms with Crippen molar-refractivity contribution in [3.8, 4) is 0 Å². The molecule has 0 amide bonds. The second-order valence-electron chi connectivity index (χ2n) is 5.29. The van der Waals surface area contributed by atoms with Crippen LogP contribution in [0.3, 0.4) is 0 Å². The third-order valence-electron chi connectivity index (χ3n) is 3.78. The number of aromatic nitrogens is 1. The second kappa shape index (κ2) is 7.50. The van der Waals surface area contributed by atoms with E-state index in [9.17, 15) is 0 Å². The van der Waals surface area contributed by atoms with Crippen molar-refractivity contribution < 1.29 is 9.47 Å². The Morgan fingerprint density at radius 2 is 2.20 bits per heavy atom. The van der Waals surface area contributed by atoms with E-state index in [-0.39, 0.29) is 5.60 Å². The number of hydrogen-bond acceptors (Lipinski definition) is 5. The summed E-state index contributed by atoms with van der Waals surface area (Å²) in [4.78, 5) is 4.85. The van der Waals surface area contributed by atoms with E-state index in [4.69, 9.17) is 14.5 Å². The third kappa shape index (κ3) is 3.58. The maximum absolute atomic E-state index is 6.08. The monoisotopic (exact) mass is 298 g/mol. The molecule has 2 rings (SSSR count). The summed E-state index contributed by atoms with van der Waals surface area (Å²) in [5.74, 6) is 0. The van der Waals surface area contributed by atoms with Crippen molar-refractivity contribution in [2.24, 2.45) is 0 Å². The molecule has 0 aliphatic carbocycles. The minimum absolute atomic E-state index is 0.222. The molecule has 1 fully saturated rings. The second-order valence-corrected chi connectivity index (χ2v) is 6.15. The van der Waals surface area contributed by atoms with Gasteiger partial charge in [-0.2, -0.15) is 0 Å². The van der Waals surface area contributed by atoms with Crippen molar-refractivity contribution in [1.29, 1.82) is 0 Å². The Bertz CT molecular complexity index is 397. The third-order valence-corrected chi connectivity index (χ3v) is 4.82. The van der Waals surface area contributed by atoms with Crippen molar-refractivity contribution >= 4 is 11.3 Å². The lowest BCUT2D eigenvalue weighted by Gasteiger charge is -2.35. The topological polar surface area (TPSA) is 43.4 Å². The first kappa shape index (κ1) is 15.9. The summed E-state index contributed by atoms with van der Waals surface area (Å²) in [5.41, 5.74) is 0.907. The highest BCUT2D eigenvalue weighted by molar-refractivity contribution is 7.09. The number of hydrogen-bond donors (Lipinski definition) is 1. The lowest BCUT2D eigenvalue weighted by Crippen LogP contribution is -2.36. The van der Waals surface area contributed by atoms with Crippen molar-refractivity contribution in [3.05, 3.63) is 16.1 Å². The molecule has 1 aliphatic heterocycles. The molecule has 0 bridgehead atoms. The maximum atomic E-state index is 6.08. The van der Waals surface area contributed by atoms with Crippen molar-refractivity contribution in [2.45, 2.75) is 51.7 Å². The molecule has 1 saturated heterocycles. The summed E-state index contributed by atoms with van der Waals surface area (Å²) in [6.07, 6.45) is 2.96. The molecule has 0 saturated carbocycles. The molecule has 114 valence electrons. The highest BCUT2D eigenvalue weighted by Gasteiger charge is 2.38. The molecule has 5 heteroatoms. The van der Waals surface area contributed by atoms with Gasteiger partial charge in [-0.3, -0.25) is 0 Å². The zero-order chi connectivity index (χ0) is 14.4. The molecule has 0 radical (unpaired) electrons. The summed E-state index contributed by atoms with van der Waals surface area (Å²) in [6.45, 7) is 9.68. The van der Waals surface area contributed by atoms with E-state index in [0.29, 0.717) is 6.04 Å². The van der Waals surface area contributed by atoms with Crippen LogP contribution in [0.2, 0.25) is 0 Å². The molecule has 0 spiro atoms. The van der Waals surface area contributed by atoms with Gasteiger partial charge in [0.15, 0.2) is 0 Å². The first-order valence-electron chi connectivity index (χ1n) is 7.63. The first-order chi connectivity index (χ1) is 9.72. The summed E-state index contributed by atoms with van der Waals surface area (Å²) < 4.78 is 11.6. The average Bonchev–Trinajstić information content (AvgIpc) is 2.96. The zero-order valence-corrected chi connectivity index (χ0v) is 13.6. The maximum Gasteiger partial charge on any atom is 0.125 e. The molecule has 1 atom stereocenters. The molecule has 1 aromatic heterocycles. The van der Waals surface area contributed by atoms with E-state index < -0.39 is 0 Å². The molecular formula is C15H26N2O2S. The van der Waals surface area contributed by atoms with Crippen LogP contribution in [0.1, 0.15) is 56.8 Å². The number of nitrogens with one attached hydrogen (secondary N) is 1. The Labute approximate surface area is 125 Å². The Balaban J connectivity index is 2.12. The largest absolute Gasteiger partial charge is 0.381 e. The number of thiazole rings is 1. The van der Waals surface area contributed by atoms with Crippen molar-refractivity contribution in [1.82, 2.24) is 10.3 Å². The average molecular weight is 298 g/mol. The number of rotatable bonds is 7. The van der Waals surface area contributed by atoms with Gasteiger partial charge in [0.1, 0.15) is 10.6 Å². The standard InChI is InChI=1S/C15H26N2O2S/c1-4-8-16-12(3)13-11-20-14(17-13)15(19-5-2)6-9-18-10-7-15/h11-12,16H,4-10H2,1-3H3. The molecule has 1 unspecified atom stereocenters. The van der Waals surface area contributed by atoms with Crippen LogP contribution in [0.25, 0.3) is 0 Å². The Morgan fingerprint density at radius 1 is 1.45 bits per heavy atom. The van der Waals surface area contributed by atoms with Gasteiger partial charge in [-0.1, -0.05) is 6.92 Å². The predicted molar refractivity (Wildman–Crippen MR) is 82.2 cm³/mol. The summed E-state index contributed by atoms with van der Waals surface area (Å²) in [6, 6.07) is 0.304. The lowest BCUT2D eigenvalue weighted by molar-refractivity contribution is -0.112. The Hall–Kier alpha value is -0.490. The van der Waals surface area contributed by atoms with Gasteiger partial charge < -0.3 is 14.8 Å². The zero-order valence-electron chi connectivity index (χ0n) is 12.8. The minimum Gasteiger partial charge on any atom is -0.381 e. The van der Waals surface area contributed by atoms with Gasteiger partial charge in [-0.15, -0.1) is 11.3 Å². The van der Waals surface area contributed by atoms with E-state index >= 15 is 0 Å². The number of ether oxygens (including phenoxy) is 2. The molecule has 1 aromatic rings. The van der Waals surface area contributed by atoms with Gasteiger partial charge in [-0.25, -0.2) is 4.98 Å². The molecule has 4 nitrogen and oxygen atoms in total. The molecular weight excluding hydrogens is 272 g/mol. The quantitative estimate of drug-likeness (QED) is 0.839. The van der Waals surface area contributed by atoms with Crippen LogP contribution < -0.4 is 5.32 Å². The normalized spacial score (nSPS) is 19.9. The summed E-state index contributed by atoms with van der Waals surface area (Å²) >= 11 is 1.72. The molecule has 1 N–H and O–H groups in total. The van der Waals surface area contributed by atoms with Gasteiger partial charge in [0, 0.05) is 44.1 Å². The smallest absolute Gasteiger partial charge is 0.125 e. The summed E-state index contributed by atoms with van der Waals surface area (Å²) in [5, 5.41) is 6.77.